The average Bonchev–Trinajstić information content (AvgIpc) is 2.32. The van der Waals surface area contributed by atoms with Crippen molar-refractivity contribution in [1.82, 2.24) is 4.90 Å². The first-order valence-electron chi connectivity index (χ1n) is 5.49. The Bertz CT molecular complexity index is 347. The molecule has 1 rings (SSSR count). The lowest BCUT2D eigenvalue weighted by Gasteiger charge is -2.45. The molecule has 16 heavy (non-hydrogen) atoms. The number of halogens is 1. The fourth-order valence-electron chi connectivity index (χ4n) is 2.00. The SMILES string of the molecule is C=CC(C)C1(O)C(=O)C(Cl)=C1N(CC)CC. The van der Waals surface area contributed by atoms with E-state index in [4.69, 9.17) is 11.6 Å². The summed E-state index contributed by atoms with van der Waals surface area (Å²) in [6, 6.07) is 0. The molecule has 0 amide bonds. The first-order chi connectivity index (χ1) is 7.44. The highest BCUT2D eigenvalue weighted by Crippen LogP contribution is 2.44. The van der Waals surface area contributed by atoms with E-state index in [9.17, 15) is 9.90 Å². The fourth-order valence-corrected chi connectivity index (χ4v) is 2.41. The predicted octanol–water partition coefficient (Wildman–Crippen LogP) is 1.91. The van der Waals surface area contributed by atoms with Crippen molar-refractivity contribution in [2.75, 3.05) is 13.1 Å². The van der Waals surface area contributed by atoms with Gasteiger partial charge in [-0.25, -0.2) is 0 Å². The molecule has 0 saturated carbocycles. The van der Waals surface area contributed by atoms with Gasteiger partial charge in [-0.1, -0.05) is 24.6 Å². The highest BCUT2D eigenvalue weighted by atomic mass is 35.5. The van der Waals surface area contributed by atoms with E-state index in [0.717, 1.165) is 0 Å². The Balaban J connectivity index is 3.16. The first-order valence-corrected chi connectivity index (χ1v) is 5.87. The topological polar surface area (TPSA) is 40.5 Å². The van der Waals surface area contributed by atoms with E-state index in [1.165, 1.54) is 0 Å². The zero-order valence-electron chi connectivity index (χ0n) is 9.96. The first kappa shape index (κ1) is 13.3. The zero-order chi connectivity index (χ0) is 12.5. The van der Waals surface area contributed by atoms with Gasteiger partial charge in [-0.15, -0.1) is 6.58 Å². The molecule has 1 aliphatic rings. The van der Waals surface area contributed by atoms with Crippen LogP contribution in [0, 0.1) is 5.92 Å². The van der Waals surface area contributed by atoms with E-state index >= 15 is 0 Å². The van der Waals surface area contributed by atoms with E-state index in [1.807, 2.05) is 18.7 Å². The second-order valence-corrected chi connectivity index (χ2v) is 4.33. The molecule has 0 saturated heterocycles. The number of carbonyl (C=O) groups is 1. The minimum Gasteiger partial charge on any atom is -0.375 e. The molecule has 0 spiro atoms. The molecule has 0 heterocycles. The van der Waals surface area contributed by atoms with Crippen LogP contribution in [0.15, 0.2) is 23.4 Å². The Morgan fingerprint density at radius 1 is 1.56 bits per heavy atom. The molecule has 1 N–H and O–H groups in total. The summed E-state index contributed by atoms with van der Waals surface area (Å²) < 4.78 is 0. The largest absolute Gasteiger partial charge is 0.375 e. The maximum Gasteiger partial charge on any atom is 0.214 e. The summed E-state index contributed by atoms with van der Waals surface area (Å²) in [4.78, 5) is 13.6. The summed E-state index contributed by atoms with van der Waals surface area (Å²) in [5.41, 5.74) is -0.943. The Morgan fingerprint density at radius 3 is 2.44 bits per heavy atom. The number of aliphatic hydroxyl groups is 1. The molecule has 1 aliphatic carbocycles. The van der Waals surface area contributed by atoms with Gasteiger partial charge in [-0.2, -0.15) is 0 Å². The van der Waals surface area contributed by atoms with Crippen LogP contribution in [-0.2, 0) is 4.79 Å². The lowest BCUT2D eigenvalue weighted by Crippen LogP contribution is -2.58. The fraction of sp³-hybridized carbons (Fsp3) is 0.583. The second kappa shape index (κ2) is 4.60. The van der Waals surface area contributed by atoms with Gasteiger partial charge in [0.15, 0.2) is 5.60 Å². The molecule has 4 heteroatoms. The number of Topliss-reactive ketones (excluding diaryl/α,β-unsaturated/α-hetero) is 1. The van der Waals surface area contributed by atoms with E-state index in [-0.39, 0.29) is 11.0 Å². The van der Waals surface area contributed by atoms with Crippen LogP contribution < -0.4 is 0 Å². The van der Waals surface area contributed by atoms with Crippen molar-refractivity contribution in [3.05, 3.63) is 23.4 Å². The summed E-state index contributed by atoms with van der Waals surface area (Å²) in [6.07, 6.45) is 1.57. The number of ketones is 1. The van der Waals surface area contributed by atoms with Crippen LogP contribution in [0.3, 0.4) is 0 Å². The molecule has 90 valence electrons. The van der Waals surface area contributed by atoms with Gasteiger partial charge in [0, 0.05) is 19.0 Å². The summed E-state index contributed by atoms with van der Waals surface area (Å²) in [5, 5.41) is 10.6. The Morgan fingerprint density at radius 2 is 2.06 bits per heavy atom. The number of nitrogens with zero attached hydrogens (tertiary/aromatic N) is 1. The van der Waals surface area contributed by atoms with E-state index < -0.39 is 11.4 Å². The molecule has 0 bridgehead atoms. The van der Waals surface area contributed by atoms with E-state index in [2.05, 4.69) is 6.58 Å². The van der Waals surface area contributed by atoms with Gasteiger partial charge in [-0.3, -0.25) is 4.79 Å². The molecule has 0 aromatic carbocycles. The highest BCUT2D eigenvalue weighted by Gasteiger charge is 2.56. The third-order valence-corrected chi connectivity index (χ3v) is 3.56. The molecule has 0 aliphatic heterocycles. The monoisotopic (exact) mass is 243 g/mol. The summed E-state index contributed by atoms with van der Waals surface area (Å²) in [7, 11) is 0. The predicted molar refractivity (Wildman–Crippen MR) is 65.1 cm³/mol. The lowest BCUT2D eigenvalue weighted by atomic mass is 9.73. The van der Waals surface area contributed by atoms with Crippen LogP contribution in [0.4, 0.5) is 0 Å². The van der Waals surface area contributed by atoms with E-state index in [0.29, 0.717) is 18.8 Å². The number of hydrogen-bond donors (Lipinski definition) is 1. The number of carbonyl (C=O) groups excluding carboxylic acids is 1. The van der Waals surface area contributed by atoms with Crippen LogP contribution in [0.25, 0.3) is 0 Å². The third kappa shape index (κ3) is 1.59. The molecule has 0 aromatic heterocycles. The third-order valence-electron chi connectivity index (χ3n) is 3.21. The van der Waals surface area contributed by atoms with Gasteiger partial charge in [0.05, 0.1) is 5.70 Å². The normalized spacial score (nSPS) is 26.4. The smallest absolute Gasteiger partial charge is 0.214 e. The van der Waals surface area contributed by atoms with Gasteiger partial charge in [0.1, 0.15) is 5.03 Å². The van der Waals surface area contributed by atoms with Gasteiger partial charge in [0.2, 0.25) is 5.78 Å². The maximum atomic E-state index is 11.7. The molecule has 2 atom stereocenters. The molecule has 0 radical (unpaired) electrons. The Hall–Kier alpha value is -0.800. The Kier molecular flexibility index (Phi) is 3.81. The number of likely N-dealkylation sites (N-methyl/N-ethyl adjacent to an activating group) is 1. The van der Waals surface area contributed by atoms with Gasteiger partial charge in [0.25, 0.3) is 0 Å². The Labute approximate surface area is 101 Å². The van der Waals surface area contributed by atoms with Crippen molar-refractivity contribution in [3.63, 3.8) is 0 Å². The van der Waals surface area contributed by atoms with Crippen molar-refractivity contribution in [1.29, 1.82) is 0 Å². The molecule has 3 nitrogen and oxygen atoms in total. The van der Waals surface area contributed by atoms with Crippen molar-refractivity contribution >= 4 is 17.4 Å². The second-order valence-electron chi connectivity index (χ2n) is 3.95. The highest BCUT2D eigenvalue weighted by molar-refractivity contribution is 6.48. The summed E-state index contributed by atoms with van der Waals surface area (Å²) >= 11 is 5.90. The molecule has 0 aromatic rings. The number of rotatable bonds is 5. The zero-order valence-corrected chi connectivity index (χ0v) is 10.7. The lowest BCUT2D eigenvalue weighted by molar-refractivity contribution is -0.139. The van der Waals surface area contributed by atoms with Crippen LogP contribution in [0.1, 0.15) is 20.8 Å². The standard InChI is InChI=1S/C12H18ClNO2/c1-5-8(4)12(16)10(9(13)11(12)15)14(6-2)7-3/h5,8,16H,1,6-7H2,2-4H3. The van der Waals surface area contributed by atoms with Crippen molar-refractivity contribution in [2.45, 2.75) is 26.4 Å². The van der Waals surface area contributed by atoms with Crippen molar-refractivity contribution in [2.24, 2.45) is 5.92 Å². The van der Waals surface area contributed by atoms with Gasteiger partial charge < -0.3 is 10.0 Å². The van der Waals surface area contributed by atoms with Crippen LogP contribution in [-0.4, -0.2) is 34.5 Å². The van der Waals surface area contributed by atoms with Crippen LogP contribution in [0.2, 0.25) is 0 Å². The summed E-state index contributed by atoms with van der Waals surface area (Å²) in [5.74, 6) is -0.735. The van der Waals surface area contributed by atoms with Crippen LogP contribution >= 0.6 is 11.6 Å². The molecular weight excluding hydrogens is 226 g/mol. The minimum absolute atomic E-state index is 0.153. The quantitative estimate of drug-likeness (QED) is 0.750. The summed E-state index contributed by atoms with van der Waals surface area (Å²) in [6.45, 7) is 10.7. The van der Waals surface area contributed by atoms with E-state index in [1.54, 1.807) is 13.0 Å². The minimum atomic E-state index is -1.48. The molecule has 2 unspecified atom stereocenters. The van der Waals surface area contributed by atoms with Crippen molar-refractivity contribution in [3.8, 4) is 0 Å². The van der Waals surface area contributed by atoms with Crippen molar-refractivity contribution < 1.29 is 9.90 Å². The molecular formula is C12H18ClNO2. The van der Waals surface area contributed by atoms with Gasteiger partial charge in [-0.05, 0) is 13.8 Å². The van der Waals surface area contributed by atoms with Crippen LogP contribution in [0.5, 0.6) is 0 Å². The number of hydrogen-bond acceptors (Lipinski definition) is 3. The maximum absolute atomic E-state index is 11.7. The average molecular weight is 244 g/mol. The van der Waals surface area contributed by atoms with Gasteiger partial charge >= 0.3 is 0 Å². The molecule has 0 fully saturated rings.